The zero-order chi connectivity index (χ0) is 10.5. The second-order valence-electron chi connectivity index (χ2n) is 4.27. The molecule has 2 aliphatic rings. The molecule has 0 aromatic rings. The molecule has 1 N–H and O–H groups in total. The van der Waals surface area contributed by atoms with E-state index in [0.29, 0.717) is 0 Å². The Kier molecular flexibility index (Phi) is 3.94. The highest BCUT2D eigenvalue weighted by Gasteiger charge is 2.18. The lowest BCUT2D eigenvalue weighted by atomic mass is 10.3. The van der Waals surface area contributed by atoms with Gasteiger partial charge >= 0.3 is 0 Å². The van der Waals surface area contributed by atoms with Gasteiger partial charge in [0.1, 0.15) is 0 Å². The van der Waals surface area contributed by atoms with Crippen molar-refractivity contribution in [1.29, 1.82) is 0 Å². The molecule has 2 aliphatic heterocycles. The van der Waals surface area contributed by atoms with Gasteiger partial charge < -0.3 is 10.2 Å². The molecule has 2 heterocycles. The van der Waals surface area contributed by atoms with E-state index in [9.17, 15) is 4.79 Å². The first-order valence-electron chi connectivity index (χ1n) is 5.73. The summed E-state index contributed by atoms with van der Waals surface area (Å²) in [7, 11) is 0. The normalized spacial score (nSPS) is 25.5. The van der Waals surface area contributed by atoms with Gasteiger partial charge in [-0.25, -0.2) is 0 Å². The molecule has 1 amide bonds. The van der Waals surface area contributed by atoms with Crippen LogP contribution in [-0.4, -0.2) is 80.1 Å². The summed E-state index contributed by atoms with van der Waals surface area (Å²) >= 11 is 0. The van der Waals surface area contributed by atoms with Gasteiger partial charge in [-0.1, -0.05) is 0 Å². The number of piperazine rings is 2. The molecule has 0 saturated carbocycles. The van der Waals surface area contributed by atoms with Gasteiger partial charge in [-0.3, -0.25) is 14.6 Å². The van der Waals surface area contributed by atoms with Crippen LogP contribution in [0.25, 0.3) is 0 Å². The smallest absolute Gasteiger partial charge is 0.209 e. The van der Waals surface area contributed by atoms with Gasteiger partial charge in [-0.15, -0.1) is 0 Å². The average Bonchev–Trinajstić information content (AvgIpc) is 2.31. The molecule has 15 heavy (non-hydrogen) atoms. The topological polar surface area (TPSA) is 38.8 Å². The van der Waals surface area contributed by atoms with E-state index in [4.69, 9.17) is 0 Å². The SMILES string of the molecule is O=CN1CCN(CN2CCNCC2)CC1. The summed E-state index contributed by atoms with van der Waals surface area (Å²) in [6.07, 6.45) is 0.960. The number of nitrogens with zero attached hydrogens (tertiary/aromatic N) is 3. The molecule has 2 saturated heterocycles. The first-order chi connectivity index (χ1) is 7.38. The molecule has 0 aromatic carbocycles. The van der Waals surface area contributed by atoms with Crippen LogP contribution in [0.1, 0.15) is 0 Å². The van der Waals surface area contributed by atoms with E-state index in [1.165, 1.54) is 0 Å². The van der Waals surface area contributed by atoms with E-state index in [2.05, 4.69) is 15.1 Å². The van der Waals surface area contributed by atoms with Crippen molar-refractivity contribution < 1.29 is 4.79 Å². The number of rotatable bonds is 3. The quantitative estimate of drug-likeness (QED) is 0.586. The summed E-state index contributed by atoms with van der Waals surface area (Å²) in [5.41, 5.74) is 0. The summed E-state index contributed by atoms with van der Waals surface area (Å²) in [4.78, 5) is 17.3. The van der Waals surface area contributed by atoms with E-state index < -0.39 is 0 Å². The molecule has 5 nitrogen and oxygen atoms in total. The van der Waals surface area contributed by atoms with Crippen molar-refractivity contribution in [1.82, 2.24) is 20.0 Å². The Labute approximate surface area is 91.0 Å². The van der Waals surface area contributed by atoms with Crippen LogP contribution in [0.5, 0.6) is 0 Å². The first kappa shape index (κ1) is 10.9. The fourth-order valence-electron chi connectivity index (χ4n) is 2.15. The Balaban J connectivity index is 1.69. The summed E-state index contributed by atoms with van der Waals surface area (Å²) in [5, 5.41) is 3.35. The lowest BCUT2D eigenvalue weighted by Crippen LogP contribution is -2.53. The second-order valence-corrected chi connectivity index (χ2v) is 4.27. The van der Waals surface area contributed by atoms with Crippen LogP contribution in [0.15, 0.2) is 0 Å². The van der Waals surface area contributed by atoms with Gasteiger partial charge in [0.2, 0.25) is 6.41 Å². The van der Waals surface area contributed by atoms with Crippen LogP contribution in [0.4, 0.5) is 0 Å². The van der Waals surface area contributed by atoms with Crippen molar-refractivity contribution >= 4 is 6.41 Å². The fraction of sp³-hybridized carbons (Fsp3) is 0.900. The minimum Gasteiger partial charge on any atom is -0.343 e. The van der Waals surface area contributed by atoms with Gasteiger partial charge in [0.25, 0.3) is 0 Å². The maximum atomic E-state index is 10.5. The van der Waals surface area contributed by atoms with Gasteiger partial charge in [0.15, 0.2) is 0 Å². The van der Waals surface area contributed by atoms with Crippen molar-refractivity contribution in [2.24, 2.45) is 0 Å². The molecule has 5 heteroatoms. The third-order valence-electron chi connectivity index (χ3n) is 3.17. The van der Waals surface area contributed by atoms with Crippen molar-refractivity contribution in [2.45, 2.75) is 0 Å². The maximum absolute atomic E-state index is 10.5. The predicted octanol–water partition coefficient (Wildman–Crippen LogP) is -1.38. The number of amides is 1. The van der Waals surface area contributed by atoms with Crippen LogP contribution in [0.3, 0.4) is 0 Å². The van der Waals surface area contributed by atoms with Gasteiger partial charge in [0, 0.05) is 52.4 Å². The zero-order valence-corrected chi connectivity index (χ0v) is 9.19. The molecular formula is C10H20N4O. The monoisotopic (exact) mass is 212 g/mol. The molecule has 86 valence electrons. The number of hydrogen-bond acceptors (Lipinski definition) is 4. The molecular weight excluding hydrogens is 192 g/mol. The highest BCUT2D eigenvalue weighted by atomic mass is 16.1. The number of hydrogen-bond donors (Lipinski definition) is 1. The number of nitrogens with one attached hydrogen (secondary N) is 1. The lowest BCUT2D eigenvalue weighted by molar-refractivity contribution is -0.120. The Morgan fingerprint density at radius 1 is 0.933 bits per heavy atom. The third kappa shape index (κ3) is 3.15. The first-order valence-corrected chi connectivity index (χ1v) is 5.73. The largest absolute Gasteiger partial charge is 0.343 e. The molecule has 0 radical (unpaired) electrons. The summed E-state index contributed by atoms with van der Waals surface area (Å²) < 4.78 is 0. The van der Waals surface area contributed by atoms with Gasteiger partial charge in [-0.2, -0.15) is 0 Å². The highest BCUT2D eigenvalue weighted by molar-refractivity contribution is 5.47. The van der Waals surface area contributed by atoms with Gasteiger partial charge in [-0.05, 0) is 0 Å². The van der Waals surface area contributed by atoms with Crippen LogP contribution >= 0.6 is 0 Å². The molecule has 0 spiro atoms. The van der Waals surface area contributed by atoms with E-state index in [0.717, 1.165) is 65.4 Å². The Morgan fingerprint density at radius 2 is 1.53 bits per heavy atom. The molecule has 0 bridgehead atoms. The second kappa shape index (κ2) is 5.44. The third-order valence-corrected chi connectivity index (χ3v) is 3.17. The molecule has 0 aromatic heterocycles. The van der Waals surface area contributed by atoms with Crippen LogP contribution in [0, 0.1) is 0 Å². The summed E-state index contributed by atoms with van der Waals surface area (Å²) in [6, 6.07) is 0. The minimum absolute atomic E-state index is 0.885. The molecule has 0 atom stereocenters. The molecule has 0 aliphatic carbocycles. The molecule has 2 rings (SSSR count). The average molecular weight is 212 g/mol. The summed E-state index contributed by atoms with van der Waals surface area (Å²) in [5.74, 6) is 0. The number of carbonyl (C=O) groups is 1. The predicted molar refractivity (Wildman–Crippen MR) is 58.5 cm³/mol. The fourth-order valence-corrected chi connectivity index (χ4v) is 2.15. The Bertz CT molecular complexity index is 198. The summed E-state index contributed by atoms with van der Waals surface area (Å²) in [6.45, 7) is 9.37. The Hall–Kier alpha value is -0.650. The lowest BCUT2D eigenvalue weighted by Gasteiger charge is -2.37. The van der Waals surface area contributed by atoms with Gasteiger partial charge in [0.05, 0.1) is 6.67 Å². The van der Waals surface area contributed by atoms with Crippen molar-refractivity contribution in [3.63, 3.8) is 0 Å². The van der Waals surface area contributed by atoms with Crippen molar-refractivity contribution in [3.8, 4) is 0 Å². The maximum Gasteiger partial charge on any atom is 0.209 e. The van der Waals surface area contributed by atoms with Crippen molar-refractivity contribution in [3.05, 3.63) is 0 Å². The zero-order valence-electron chi connectivity index (χ0n) is 9.19. The van der Waals surface area contributed by atoms with Crippen LogP contribution < -0.4 is 5.32 Å². The minimum atomic E-state index is 0.885. The molecule has 2 fully saturated rings. The van der Waals surface area contributed by atoms with E-state index >= 15 is 0 Å². The van der Waals surface area contributed by atoms with E-state index in [-0.39, 0.29) is 0 Å². The van der Waals surface area contributed by atoms with Crippen molar-refractivity contribution in [2.75, 3.05) is 59.0 Å². The number of carbonyl (C=O) groups excluding carboxylic acids is 1. The van der Waals surface area contributed by atoms with E-state index in [1.807, 2.05) is 4.90 Å². The Morgan fingerprint density at radius 3 is 2.13 bits per heavy atom. The molecule has 0 unspecified atom stereocenters. The van der Waals surface area contributed by atoms with E-state index in [1.54, 1.807) is 0 Å². The van der Waals surface area contributed by atoms with Crippen LogP contribution in [0.2, 0.25) is 0 Å². The van der Waals surface area contributed by atoms with Crippen LogP contribution in [-0.2, 0) is 4.79 Å². The standard InChI is InChI=1S/C10H20N4O/c15-10-14-7-5-13(6-8-14)9-12-3-1-11-2-4-12/h10-11H,1-9H2. The highest BCUT2D eigenvalue weighted by Crippen LogP contribution is 2.02.